The van der Waals surface area contributed by atoms with Crippen molar-refractivity contribution < 1.29 is 9.53 Å². The van der Waals surface area contributed by atoms with E-state index >= 15 is 0 Å². The second kappa shape index (κ2) is 10.7. The van der Waals surface area contributed by atoms with Crippen molar-refractivity contribution in [3.8, 4) is 5.75 Å². The van der Waals surface area contributed by atoms with Crippen molar-refractivity contribution >= 4 is 38.3 Å². The van der Waals surface area contributed by atoms with Crippen LogP contribution < -0.4 is 10.0 Å². The second-order valence-electron chi connectivity index (χ2n) is 5.80. The molecule has 0 aliphatic heterocycles. The molecule has 0 spiro atoms. The number of carbonyl (C=O) groups is 1. The molecule has 2 aromatic carbocycles. The number of carbonyl (C=O) groups excluding carboxylic acids is 1. The van der Waals surface area contributed by atoms with E-state index in [4.69, 9.17) is 4.74 Å². The molecule has 124 valence electrons. The Morgan fingerprint density at radius 2 is 1.62 bits per heavy atom. The summed E-state index contributed by atoms with van der Waals surface area (Å²) in [6.45, 7) is 6.94. The Labute approximate surface area is 159 Å². The molecule has 0 aliphatic carbocycles. The van der Waals surface area contributed by atoms with Crippen molar-refractivity contribution in [2.45, 2.75) is 40.0 Å². The summed E-state index contributed by atoms with van der Waals surface area (Å²) in [6.07, 6.45) is 3.48. The Morgan fingerprint density at radius 3 is 2.21 bits per heavy atom. The summed E-state index contributed by atoms with van der Waals surface area (Å²) in [5.41, 5.74) is 3.18. The molecule has 0 aliphatic rings. The molecule has 1 atom stereocenters. The van der Waals surface area contributed by atoms with Crippen molar-refractivity contribution in [3.63, 3.8) is 0 Å². The van der Waals surface area contributed by atoms with E-state index in [0.29, 0.717) is 0 Å². The van der Waals surface area contributed by atoms with Crippen molar-refractivity contribution in [2.75, 3.05) is 6.61 Å². The molecular formula is C20H26LiO2P. The first-order valence-corrected chi connectivity index (χ1v) is 9.22. The summed E-state index contributed by atoms with van der Waals surface area (Å²) < 4.78 is 5.71. The minimum atomic E-state index is 0. The summed E-state index contributed by atoms with van der Waals surface area (Å²) in [7, 11) is 0.153. The fraction of sp³-hybridized carbons (Fsp3) is 0.350. The molecule has 2 aromatic rings. The van der Waals surface area contributed by atoms with Crippen LogP contribution in [0.5, 0.6) is 5.75 Å². The fourth-order valence-corrected chi connectivity index (χ4v) is 3.66. The number of benzene rings is 2. The molecule has 0 saturated heterocycles. The molecule has 24 heavy (non-hydrogen) atoms. The summed E-state index contributed by atoms with van der Waals surface area (Å²) in [5.74, 6) is 0.883. The monoisotopic (exact) mass is 336 g/mol. The minimum absolute atomic E-state index is 0. The molecule has 0 heterocycles. The molecule has 0 aromatic heterocycles. The van der Waals surface area contributed by atoms with Crippen LogP contribution in [0, 0.1) is 13.8 Å². The third-order valence-corrected chi connectivity index (χ3v) is 4.94. The number of hydrogen-bond donors (Lipinski definition) is 0. The van der Waals surface area contributed by atoms with E-state index in [-0.39, 0.29) is 33.0 Å². The second-order valence-corrected chi connectivity index (χ2v) is 7.08. The van der Waals surface area contributed by atoms with Gasteiger partial charge in [-0.3, -0.25) is 4.79 Å². The van der Waals surface area contributed by atoms with Crippen LogP contribution >= 0.6 is 8.58 Å². The zero-order chi connectivity index (χ0) is 16.7. The van der Waals surface area contributed by atoms with Crippen LogP contribution in [-0.2, 0) is 0 Å². The first kappa shape index (κ1) is 21.0. The molecule has 0 N–H and O–H groups in total. The fourth-order valence-electron chi connectivity index (χ4n) is 2.54. The van der Waals surface area contributed by atoms with Gasteiger partial charge in [0.2, 0.25) is 0 Å². The third-order valence-electron chi connectivity index (χ3n) is 3.84. The number of hydrogen-bond acceptors (Lipinski definition) is 2. The molecule has 0 amide bonds. The van der Waals surface area contributed by atoms with E-state index in [1.54, 1.807) is 0 Å². The maximum atomic E-state index is 12.6. The summed E-state index contributed by atoms with van der Waals surface area (Å²) in [6, 6.07) is 13.9. The molecule has 0 fully saturated rings. The van der Waals surface area contributed by atoms with Crippen LogP contribution in [0.15, 0.2) is 42.5 Å². The number of aryl methyl sites for hydroxylation is 2. The van der Waals surface area contributed by atoms with Gasteiger partial charge in [-0.05, 0) is 57.4 Å². The Hall–Kier alpha value is -1.06. The van der Waals surface area contributed by atoms with Crippen LogP contribution in [0.3, 0.4) is 0 Å². The van der Waals surface area contributed by atoms with Gasteiger partial charge in [0.25, 0.3) is 0 Å². The molecular weight excluding hydrogens is 310 g/mol. The quantitative estimate of drug-likeness (QED) is 0.406. The Bertz CT molecular complexity index is 633. The van der Waals surface area contributed by atoms with Crippen molar-refractivity contribution in [1.29, 1.82) is 0 Å². The van der Waals surface area contributed by atoms with Crippen LogP contribution in [-0.4, -0.2) is 31.0 Å². The Balaban J connectivity index is 0.00000288. The summed E-state index contributed by atoms with van der Waals surface area (Å²) in [5, 5.41) is 1.05. The van der Waals surface area contributed by atoms with E-state index < -0.39 is 0 Å². The topological polar surface area (TPSA) is 26.3 Å². The van der Waals surface area contributed by atoms with Gasteiger partial charge in [-0.1, -0.05) is 50.1 Å². The van der Waals surface area contributed by atoms with Crippen LogP contribution in [0.1, 0.15) is 47.7 Å². The van der Waals surface area contributed by atoms with Gasteiger partial charge in [0, 0.05) is 5.56 Å². The van der Waals surface area contributed by atoms with Gasteiger partial charge in [-0.25, -0.2) is 0 Å². The van der Waals surface area contributed by atoms with Gasteiger partial charge < -0.3 is 4.74 Å². The zero-order valence-corrected chi connectivity index (χ0v) is 15.2. The van der Waals surface area contributed by atoms with Crippen molar-refractivity contribution in [3.05, 3.63) is 59.2 Å². The summed E-state index contributed by atoms with van der Waals surface area (Å²) in [4.78, 5) is 12.6. The van der Waals surface area contributed by atoms with Gasteiger partial charge in [0.15, 0.2) is 5.52 Å². The Kier molecular flexibility index (Phi) is 9.38. The first-order chi connectivity index (χ1) is 11.1. The molecule has 0 saturated carbocycles. The molecule has 0 bridgehead atoms. The zero-order valence-electron chi connectivity index (χ0n) is 14.2. The van der Waals surface area contributed by atoms with Gasteiger partial charge in [0.05, 0.1) is 6.61 Å². The average Bonchev–Trinajstić information content (AvgIpc) is 2.53. The number of rotatable bonds is 8. The molecule has 2 nitrogen and oxygen atoms in total. The molecule has 4 heteroatoms. The predicted octanol–water partition coefficient (Wildman–Crippen LogP) is 4.37. The predicted molar refractivity (Wildman–Crippen MR) is 107 cm³/mol. The standard InChI is InChI=1S/C20H25O2P.Li.H/c1-4-5-6-14-22-17-10-12-18(13-11-17)23-20(21)19-15(2)8-7-9-16(19)3;;/h7-13,23H,4-6,14H2,1-3H3;;. The first-order valence-electron chi connectivity index (χ1n) is 8.22. The third kappa shape index (κ3) is 6.10. The van der Waals surface area contributed by atoms with Crippen LogP contribution in [0.2, 0.25) is 0 Å². The maximum absolute atomic E-state index is 12.6. The Morgan fingerprint density at radius 1 is 1.00 bits per heavy atom. The van der Waals surface area contributed by atoms with E-state index in [0.717, 1.165) is 40.8 Å². The number of ether oxygens (including phenoxy) is 1. The molecule has 1 unspecified atom stereocenters. The van der Waals surface area contributed by atoms with E-state index in [1.807, 2.05) is 56.3 Å². The van der Waals surface area contributed by atoms with E-state index in [9.17, 15) is 4.79 Å². The number of unbranched alkanes of at least 4 members (excludes halogenated alkanes) is 2. The SMILES string of the molecule is CCCCCOc1ccc(PC(=O)c2c(C)cccc2C)cc1.[LiH]. The van der Waals surface area contributed by atoms with Crippen molar-refractivity contribution in [1.82, 2.24) is 0 Å². The van der Waals surface area contributed by atoms with Gasteiger partial charge in [0.1, 0.15) is 5.75 Å². The van der Waals surface area contributed by atoms with Gasteiger partial charge in [-0.15, -0.1) is 0 Å². The van der Waals surface area contributed by atoms with E-state index in [1.165, 1.54) is 12.8 Å². The van der Waals surface area contributed by atoms with Crippen LogP contribution in [0.25, 0.3) is 0 Å². The summed E-state index contributed by atoms with van der Waals surface area (Å²) >= 11 is 0. The molecule has 0 radical (unpaired) electrons. The van der Waals surface area contributed by atoms with Gasteiger partial charge >= 0.3 is 18.9 Å². The normalized spacial score (nSPS) is 10.6. The molecule has 2 rings (SSSR count). The van der Waals surface area contributed by atoms with E-state index in [2.05, 4.69) is 6.92 Å². The van der Waals surface area contributed by atoms with Crippen molar-refractivity contribution in [2.24, 2.45) is 0 Å². The van der Waals surface area contributed by atoms with Gasteiger partial charge in [-0.2, -0.15) is 0 Å². The van der Waals surface area contributed by atoms with Crippen LogP contribution in [0.4, 0.5) is 0 Å². The average molecular weight is 336 g/mol.